The molecule has 3 aromatic heterocycles. The number of anilines is 1. The molecule has 0 aliphatic rings. The Morgan fingerprint density at radius 3 is 2.89 bits per heavy atom. The Morgan fingerprint density at radius 2 is 2.16 bits per heavy atom. The predicted octanol–water partition coefficient (Wildman–Crippen LogP) is 3.11. The number of pyridine rings is 1. The minimum absolute atomic E-state index is 0.466. The van der Waals surface area contributed by atoms with Crippen molar-refractivity contribution in [1.29, 1.82) is 0 Å². The van der Waals surface area contributed by atoms with Gasteiger partial charge in [-0.2, -0.15) is 5.10 Å². The highest BCUT2D eigenvalue weighted by molar-refractivity contribution is 6.36. The number of nitrogens with zero attached hydrogens (tertiary/aromatic N) is 4. The highest BCUT2D eigenvalue weighted by Crippen LogP contribution is 2.30. The van der Waals surface area contributed by atoms with Crippen molar-refractivity contribution in [3.05, 3.63) is 34.6 Å². The van der Waals surface area contributed by atoms with Gasteiger partial charge in [-0.3, -0.25) is 9.08 Å². The molecule has 0 fully saturated rings. The Balaban J connectivity index is 2.32. The van der Waals surface area contributed by atoms with Gasteiger partial charge in [0.05, 0.1) is 15.7 Å². The zero-order valence-corrected chi connectivity index (χ0v) is 11.7. The van der Waals surface area contributed by atoms with Crippen molar-refractivity contribution in [2.24, 2.45) is 0 Å². The van der Waals surface area contributed by atoms with E-state index in [0.717, 1.165) is 12.2 Å². The maximum atomic E-state index is 6.14. The minimum Gasteiger partial charge on any atom is -0.383 e. The molecule has 0 bridgehead atoms. The number of hydrogen-bond donors (Lipinski definition) is 1. The van der Waals surface area contributed by atoms with Crippen molar-refractivity contribution >= 4 is 34.7 Å². The molecule has 0 saturated heterocycles. The molecule has 0 spiro atoms. The third kappa shape index (κ3) is 1.86. The molecule has 0 unspecified atom stereocenters. The van der Waals surface area contributed by atoms with Crippen LogP contribution in [0, 0.1) is 0 Å². The fraction of sp³-hybridized carbons (Fsp3) is 0.167. The monoisotopic (exact) mass is 295 g/mol. The molecule has 0 aromatic carbocycles. The van der Waals surface area contributed by atoms with Crippen LogP contribution in [0.2, 0.25) is 10.0 Å². The molecule has 98 valence electrons. The van der Waals surface area contributed by atoms with Crippen LogP contribution in [0.4, 0.5) is 5.82 Å². The van der Waals surface area contributed by atoms with E-state index in [1.807, 2.05) is 17.7 Å². The maximum absolute atomic E-state index is 6.14. The second-order valence-electron chi connectivity index (χ2n) is 4.08. The number of imidazole rings is 1. The molecule has 3 rings (SSSR count). The SMILES string of the molecule is CCn1nccc1-c1nc2c(Cl)cc(Cl)cn2c1N. The van der Waals surface area contributed by atoms with Crippen molar-refractivity contribution in [3.63, 3.8) is 0 Å². The first-order valence-electron chi connectivity index (χ1n) is 5.76. The second kappa shape index (κ2) is 4.43. The topological polar surface area (TPSA) is 61.1 Å². The summed E-state index contributed by atoms with van der Waals surface area (Å²) < 4.78 is 3.51. The van der Waals surface area contributed by atoms with Crippen LogP contribution in [-0.2, 0) is 6.54 Å². The lowest BCUT2D eigenvalue weighted by Gasteiger charge is -2.02. The Kier molecular flexibility index (Phi) is 2.88. The molecule has 7 heteroatoms. The van der Waals surface area contributed by atoms with Gasteiger partial charge in [0.15, 0.2) is 5.65 Å². The molecule has 3 heterocycles. The van der Waals surface area contributed by atoms with E-state index in [4.69, 9.17) is 28.9 Å². The first-order chi connectivity index (χ1) is 9.11. The van der Waals surface area contributed by atoms with Gasteiger partial charge in [0, 0.05) is 18.9 Å². The van der Waals surface area contributed by atoms with E-state index in [1.54, 1.807) is 22.9 Å². The number of hydrogen-bond acceptors (Lipinski definition) is 3. The van der Waals surface area contributed by atoms with Crippen LogP contribution in [0.5, 0.6) is 0 Å². The highest BCUT2D eigenvalue weighted by atomic mass is 35.5. The number of nitrogens with two attached hydrogens (primary N) is 1. The Hall–Kier alpha value is -1.72. The van der Waals surface area contributed by atoms with Crippen LogP contribution in [0.15, 0.2) is 24.5 Å². The molecule has 0 aliphatic heterocycles. The molecule has 0 amide bonds. The normalized spacial score (nSPS) is 11.3. The van der Waals surface area contributed by atoms with E-state index in [1.165, 1.54) is 0 Å². The van der Waals surface area contributed by atoms with Gasteiger partial charge in [-0.05, 0) is 19.1 Å². The van der Waals surface area contributed by atoms with E-state index in [-0.39, 0.29) is 0 Å². The van der Waals surface area contributed by atoms with Gasteiger partial charge in [0.25, 0.3) is 0 Å². The molecular formula is C12H11Cl2N5. The van der Waals surface area contributed by atoms with Crippen LogP contribution in [0.1, 0.15) is 6.92 Å². The van der Waals surface area contributed by atoms with Gasteiger partial charge in [-0.25, -0.2) is 4.98 Å². The molecule has 0 saturated carbocycles. The quantitative estimate of drug-likeness (QED) is 0.790. The fourth-order valence-corrected chi connectivity index (χ4v) is 2.58. The second-order valence-corrected chi connectivity index (χ2v) is 4.92. The molecule has 19 heavy (non-hydrogen) atoms. The fourth-order valence-electron chi connectivity index (χ4n) is 2.06. The van der Waals surface area contributed by atoms with E-state index in [0.29, 0.717) is 27.2 Å². The lowest BCUT2D eigenvalue weighted by atomic mass is 10.3. The van der Waals surface area contributed by atoms with Gasteiger partial charge < -0.3 is 5.73 Å². The van der Waals surface area contributed by atoms with Gasteiger partial charge >= 0.3 is 0 Å². The lowest BCUT2D eigenvalue weighted by Crippen LogP contribution is -2.01. The van der Waals surface area contributed by atoms with Crippen LogP contribution < -0.4 is 5.73 Å². The summed E-state index contributed by atoms with van der Waals surface area (Å²) in [6, 6.07) is 3.52. The molecule has 5 nitrogen and oxygen atoms in total. The van der Waals surface area contributed by atoms with Gasteiger partial charge in [-0.15, -0.1) is 0 Å². The summed E-state index contributed by atoms with van der Waals surface area (Å²) in [5, 5.41) is 5.19. The van der Waals surface area contributed by atoms with Crippen molar-refractivity contribution in [1.82, 2.24) is 19.2 Å². The summed E-state index contributed by atoms with van der Waals surface area (Å²) in [7, 11) is 0. The van der Waals surface area contributed by atoms with Crippen LogP contribution in [0.25, 0.3) is 17.0 Å². The Morgan fingerprint density at radius 1 is 1.37 bits per heavy atom. The standard InChI is InChI=1S/C12H11Cl2N5/c1-2-19-9(3-4-16-19)10-11(15)18-6-7(13)5-8(14)12(18)17-10/h3-6H,2,15H2,1H3. The van der Waals surface area contributed by atoms with Crippen LogP contribution in [-0.4, -0.2) is 19.2 Å². The van der Waals surface area contributed by atoms with Crippen LogP contribution >= 0.6 is 23.2 Å². The predicted molar refractivity (Wildman–Crippen MR) is 76.5 cm³/mol. The molecule has 3 aromatic rings. The summed E-state index contributed by atoms with van der Waals surface area (Å²) in [5.41, 5.74) is 8.23. The summed E-state index contributed by atoms with van der Waals surface area (Å²) in [5.74, 6) is 0.495. The van der Waals surface area contributed by atoms with E-state index >= 15 is 0 Å². The van der Waals surface area contributed by atoms with Crippen molar-refractivity contribution in [2.75, 3.05) is 5.73 Å². The van der Waals surface area contributed by atoms with E-state index < -0.39 is 0 Å². The summed E-state index contributed by atoms with van der Waals surface area (Å²) in [6.07, 6.45) is 3.41. The molecule has 0 aliphatic carbocycles. The van der Waals surface area contributed by atoms with Crippen LogP contribution in [0.3, 0.4) is 0 Å². The third-order valence-corrected chi connectivity index (χ3v) is 3.42. The maximum Gasteiger partial charge on any atom is 0.158 e. The molecule has 0 radical (unpaired) electrons. The average molecular weight is 296 g/mol. The number of halogens is 2. The summed E-state index contributed by atoms with van der Waals surface area (Å²) in [6.45, 7) is 2.75. The Bertz CT molecular complexity index is 759. The van der Waals surface area contributed by atoms with Crippen molar-refractivity contribution in [2.45, 2.75) is 13.5 Å². The molecule has 2 N–H and O–H groups in total. The first kappa shape index (κ1) is 12.3. The smallest absolute Gasteiger partial charge is 0.158 e. The highest BCUT2D eigenvalue weighted by Gasteiger charge is 2.16. The molecular weight excluding hydrogens is 285 g/mol. The zero-order chi connectivity index (χ0) is 13.6. The first-order valence-corrected chi connectivity index (χ1v) is 6.52. The van der Waals surface area contributed by atoms with Crippen molar-refractivity contribution in [3.8, 4) is 11.4 Å². The van der Waals surface area contributed by atoms with Gasteiger partial charge in [-0.1, -0.05) is 23.2 Å². The minimum atomic E-state index is 0.466. The van der Waals surface area contributed by atoms with Gasteiger partial charge in [0.2, 0.25) is 0 Å². The summed E-state index contributed by atoms with van der Waals surface area (Å²) in [4.78, 5) is 4.49. The number of aromatic nitrogens is 4. The number of nitrogen functional groups attached to an aromatic ring is 1. The number of fused-ring (bicyclic) bond motifs is 1. The number of aryl methyl sites for hydroxylation is 1. The average Bonchev–Trinajstić information content (AvgIpc) is 2.95. The molecule has 0 atom stereocenters. The Labute approximate surface area is 119 Å². The van der Waals surface area contributed by atoms with Crippen molar-refractivity contribution < 1.29 is 0 Å². The van der Waals surface area contributed by atoms with E-state index in [9.17, 15) is 0 Å². The zero-order valence-electron chi connectivity index (χ0n) is 10.1. The summed E-state index contributed by atoms with van der Waals surface area (Å²) >= 11 is 12.1. The van der Waals surface area contributed by atoms with E-state index in [2.05, 4.69) is 10.1 Å². The third-order valence-electron chi connectivity index (χ3n) is 2.94. The van der Waals surface area contributed by atoms with Gasteiger partial charge in [0.1, 0.15) is 11.5 Å². The largest absolute Gasteiger partial charge is 0.383 e. The lowest BCUT2D eigenvalue weighted by molar-refractivity contribution is 0.666. The number of rotatable bonds is 2.